The Labute approximate surface area is 301 Å². The van der Waals surface area contributed by atoms with Gasteiger partial charge in [-0.1, -0.05) is 152 Å². The molecule has 2 aromatic rings. The molecule has 0 saturated heterocycles. The number of allylic oxidation sites excluding steroid dienone is 8. The lowest BCUT2D eigenvalue weighted by molar-refractivity contribution is 0.106. The lowest BCUT2D eigenvalue weighted by Crippen LogP contribution is -2.41. The van der Waals surface area contributed by atoms with Crippen molar-refractivity contribution in [3.8, 4) is 11.5 Å². The Morgan fingerprint density at radius 2 is 0.980 bits per heavy atom. The lowest BCUT2D eigenvalue weighted by Gasteiger charge is -2.37. The van der Waals surface area contributed by atoms with E-state index >= 15 is 0 Å². The van der Waals surface area contributed by atoms with E-state index in [9.17, 15) is 0 Å². The van der Waals surface area contributed by atoms with E-state index in [2.05, 4.69) is 152 Å². The molecule has 49 heavy (non-hydrogen) atoms. The summed E-state index contributed by atoms with van der Waals surface area (Å²) in [5.74, 6) is 3.49. The Kier molecular flexibility index (Phi) is 13.7. The monoisotopic (exact) mass is 698 g/mol. The van der Waals surface area contributed by atoms with Crippen LogP contribution in [0.3, 0.4) is 0 Å². The highest BCUT2D eigenvalue weighted by atomic mass is 28.3. The number of rotatable bonds is 18. The molecule has 0 N–H and O–H groups in total. The summed E-state index contributed by atoms with van der Waals surface area (Å²) in [6.07, 6.45) is 24.1. The molecule has 0 fully saturated rings. The first-order valence-corrected chi connectivity index (χ1v) is 26.0. The van der Waals surface area contributed by atoms with Crippen LogP contribution in [0.15, 0.2) is 85.0 Å². The Bertz CT molecular complexity index is 1370. The first-order chi connectivity index (χ1) is 23.2. The fraction of sp³-hybridized carbons (Fsp3) is 0.545. The molecule has 0 aliphatic heterocycles. The summed E-state index contributed by atoms with van der Waals surface area (Å²) in [6, 6.07) is 13.8. The second-order valence-electron chi connectivity index (χ2n) is 17.3. The van der Waals surface area contributed by atoms with Crippen LogP contribution in [0.2, 0.25) is 39.3 Å². The molecule has 0 spiro atoms. The van der Waals surface area contributed by atoms with Gasteiger partial charge in [0.25, 0.3) is 0 Å². The first-order valence-electron chi connectivity index (χ1n) is 19.0. The van der Waals surface area contributed by atoms with E-state index in [1.165, 1.54) is 21.5 Å². The Morgan fingerprint density at radius 3 is 1.31 bits per heavy atom. The third kappa shape index (κ3) is 10.2. The molecule has 0 radical (unpaired) electrons. The van der Waals surface area contributed by atoms with E-state index in [0.717, 1.165) is 63.2 Å². The van der Waals surface area contributed by atoms with Crippen molar-refractivity contribution in [1.82, 2.24) is 0 Å². The van der Waals surface area contributed by atoms with Gasteiger partial charge in [-0.2, -0.15) is 0 Å². The largest absolute Gasteiger partial charge is 0.493 e. The summed E-state index contributed by atoms with van der Waals surface area (Å²) in [5, 5.41) is 2.84. The van der Waals surface area contributed by atoms with Crippen LogP contribution in [0.4, 0.5) is 0 Å². The summed E-state index contributed by atoms with van der Waals surface area (Å²) in [7, 11) is -3.28. The molecule has 0 heterocycles. The molecule has 0 bridgehead atoms. The molecule has 2 aliphatic carbocycles. The fourth-order valence-corrected chi connectivity index (χ4v) is 10.1. The summed E-state index contributed by atoms with van der Waals surface area (Å²) >= 11 is 0. The number of para-hydroxylation sites is 2. The first kappa shape index (κ1) is 39.2. The molecular weight excluding hydrogens is 633 g/mol. The molecule has 2 aliphatic rings. The van der Waals surface area contributed by atoms with E-state index < -0.39 is 16.1 Å². The van der Waals surface area contributed by atoms with Crippen LogP contribution in [0.5, 0.6) is 11.5 Å². The average Bonchev–Trinajstić information content (AvgIpc) is 3.04. The maximum atomic E-state index is 6.75. The maximum absolute atomic E-state index is 6.75. The third-order valence-electron chi connectivity index (χ3n) is 10.3. The summed E-state index contributed by atoms with van der Waals surface area (Å²) < 4.78 is 20.2. The minimum absolute atomic E-state index is 0.147. The van der Waals surface area contributed by atoms with Gasteiger partial charge in [0.1, 0.15) is 11.5 Å². The predicted octanol–water partition coefficient (Wildman–Crippen LogP) is 10.6. The Balaban J connectivity index is 1.57. The zero-order chi connectivity index (χ0) is 35.7. The third-order valence-corrected chi connectivity index (χ3v) is 14.3. The normalized spacial score (nSPS) is 20.8. The molecule has 0 amide bonds. The second kappa shape index (κ2) is 17.1. The average molecular weight is 699 g/mol. The zero-order valence-electron chi connectivity index (χ0n) is 32.5. The van der Waals surface area contributed by atoms with Crippen molar-refractivity contribution >= 4 is 26.5 Å². The van der Waals surface area contributed by atoms with Crippen molar-refractivity contribution in [2.24, 2.45) is 11.8 Å². The van der Waals surface area contributed by atoms with Crippen LogP contribution in [0.1, 0.15) is 77.3 Å². The summed E-state index contributed by atoms with van der Waals surface area (Å²) in [5.41, 5.74) is 2.35. The molecule has 2 atom stereocenters. The van der Waals surface area contributed by atoms with Gasteiger partial charge in [-0.05, 0) is 60.7 Å². The Hall–Kier alpha value is -2.61. The number of benzene rings is 2. The molecular formula is C44H66O3Si2. The minimum Gasteiger partial charge on any atom is -0.493 e. The van der Waals surface area contributed by atoms with Crippen molar-refractivity contribution in [2.45, 2.75) is 116 Å². The van der Waals surface area contributed by atoms with Gasteiger partial charge < -0.3 is 14.2 Å². The van der Waals surface area contributed by atoms with Crippen LogP contribution in [-0.2, 0) is 15.6 Å². The van der Waals surface area contributed by atoms with Gasteiger partial charge in [0.05, 0.1) is 29.4 Å². The van der Waals surface area contributed by atoms with Gasteiger partial charge in [-0.3, -0.25) is 0 Å². The second-order valence-corrected chi connectivity index (χ2v) is 27.4. The highest BCUT2D eigenvalue weighted by Crippen LogP contribution is 2.43. The SMILES string of the molecule is CC(C)CCOc1c(C2(CCOCCC3(c4cccc([Si](C)(C)C)c4OCCC(C)C)C=CC=CC3)C=CC=CC2)cccc1[Si](C)(C)C. The van der Waals surface area contributed by atoms with Gasteiger partial charge in [-0.15, -0.1) is 0 Å². The van der Waals surface area contributed by atoms with Crippen LogP contribution in [-0.4, -0.2) is 42.6 Å². The minimum atomic E-state index is -1.64. The van der Waals surface area contributed by atoms with Gasteiger partial charge in [0.2, 0.25) is 0 Å². The molecule has 2 unspecified atom stereocenters. The van der Waals surface area contributed by atoms with Crippen molar-refractivity contribution in [1.29, 1.82) is 0 Å². The van der Waals surface area contributed by atoms with Crippen LogP contribution >= 0.6 is 0 Å². The number of hydrogen-bond acceptors (Lipinski definition) is 3. The van der Waals surface area contributed by atoms with E-state index in [4.69, 9.17) is 14.2 Å². The van der Waals surface area contributed by atoms with E-state index in [1.54, 1.807) is 0 Å². The molecule has 4 rings (SSSR count). The van der Waals surface area contributed by atoms with E-state index in [1.807, 2.05) is 0 Å². The van der Waals surface area contributed by atoms with Crippen molar-refractivity contribution in [2.75, 3.05) is 26.4 Å². The molecule has 3 nitrogen and oxygen atoms in total. The van der Waals surface area contributed by atoms with Crippen molar-refractivity contribution in [3.63, 3.8) is 0 Å². The molecule has 0 aromatic heterocycles. The van der Waals surface area contributed by atoms with Crippen LogP contribution in [0, 0.1) is 11.8 Å². The Morgan fingerprint density at radius 1 is 0.571 bits per heavy atom. The summed E-state index contributed by atoms with van der Waals surface area (Å²) in [6.45, 7) is 26.6. The number of hydrogen-bond donors (Lipinski definition) is 0. The van der Waals surface area contributed by atoms with Gasteiger partial charge in [0.15, 0.2) is 0 Å². The summed E-state index contributed by atoms with van der Waals surface area (Å²) in [4.78, 5) is 0. The molecule has 0 saturated carbocycles. The van der Waals surface area contributed by atoms with Crippen molar-refractivity contribution in [3.05, 3.63) is 96.1 Å². The molecule has 2 aromatic carbocycles. The molecule has 268 valence electrons. The highest BCUT2D eigenvalue weighted by Gasteiger charge is 2.37. The zero-order valence-corrected chi connectivity index (χ0v) is 34.5. The fourth-order valence-electron chi connectivity index (χ4n) is 7.12. The highest BCUT2D eigenvalue weighted by molar-refractivity contribution is 6.89. The van der Waals surface area contributed by atoms with Crippen LogP contribution < -0.4 is 19.8 Å². The van der Waals surface area contributed by atoms with Gasteiger partial charge >= 0.3 is 0 Å². The standard InChI is InChI=1S/C44H66O3Si2/c1-35(2)23-31-46-41-37(19-17-21-39(41)48(5,6)7)43(25-13-11-14-26-43)29-33-45-34-30-44(27-15-12-16-28-44)38-20-18-22-40(49(8,9)10)42(38)47-32-24-36(3)4/h11-22,25,27,35-36H,23-24,26,28-34H2,1-10H3. The van der Waals surface area contributed by atoms with Gasteiger partial charge in [0, 0.05) is 35.2 Å². The van der Waals surface area contributed by atoms with Crippen LogP contribution in [0.25, 0.3) is 0 Å². The van der Waals surface area contributed by atoms with Gasteiger partial charge in [-0.25, -0.2) is 0 Å². The van der Waals surface area contributed by atoms with E-state index in [0.29, 0.717) is 25.0 Å². The lowest BCUT2D eigenvalue weighted by atomic mass is 9.72. The number of ether oxygens (including phenoxy) is 3. The maximum Gasteiger partial charge on any atom is 0.122 e. The topological polar surface area (TPSA) is 27.7 Å². The quantitative estimate of drug-likeness (QED) is 0.115. The molecule has 5 heteroatoms. The smallest absolute Gasteiger partial charge is 0.122 e. The predicted molar refractivity (Wildman–Crippen MR) is 218 cm³/mol. The van der Waals surface area contributed by atoms with Crippen molar-refractivity contribution < 1.29 is 14.2 Å². The van der Waals surface area contributed by atoms with E-state index in [-0.39, 0.29) is 10.8 Å².